The minimum Gasteiger partial charge on any atom is -0.485 e. The summed E-state index contributed by atoms with van der Waals surface area (Å²) in [6.07, 6.45) is 2.68. The lowest BCUT2D eigenvalue weighted by atomic mass is 9.88. The van der Waals surface area contributed by atoms with Crippen LogP contribution in [-0.2, 0) is 11.2 Å². The van der Waals surface area contributed by atoms with Crippen LogP contribution in [0.15, 0.2) is 84.0 Å². The van der Waals surface area contributed by atoms with Crippen molar-refractivity contribution in [1.82, 2.24) is 20.1 Å². The van der Waals surface area contributed by atoms with Gasteiger partial charge in [-0.3, -0.25) is 9.36 Å². The molecule has 6 rings (SSSR count). The van der Waals surface area contributed by atoms with Gasteiger partial charge in [0.05, 0.1) is 11.8 Å². The summed E-state index contributed by atoms with van der Waals surface area (Å²) in [6.45, 7) is 0.328. The molecule has 36 heavy (non-hydrogen) atoms. The molecule has 0 bridgehead atoms. The number of ether oxygens (including phenoxy) is 2. The van der Waals surface area contributed by atoms with Crippen molar-refractivity contribution in [3.05, 3.63) is 95.8 Å². The van der Waals surface area contributed by atoms with Crippen molar-refractivity contribution in [2.75, 3.05) is 12.4 Å². The molecule has 1 aliphatic heterocycles. The second-order valence-electron chi connectivity index (χ2n) is 8.88. The van der Waals surface area contributed by atoms with Crippen molar-refractivity contribution in [3.63, 3.8) is 0 Å². The van der Waals surface area contributed by atoms with Crippen LogP contribution >= 0.6 is 11.8 Å². The Morgan fingerprint density at radius 3 is 2.64 bits per heavy atom. The highest BCUT2D eigenvalue weighted by Gasteiger charge is 2.29. The summed E-state index contributed by atoms with van der Waals surface area (Å²) in [4.78, 5) is 13.0. The van der Waals surface area contributed by atoms with Crippen molar-refractivity contribution < 1.29 is 14.3 Å². The lowest BCUT2D eigenvalue weighted by Gasteiger charge is -2.26. The Labute approximate surface area is 213 Å². The normalized spacial score (nSPS) is 18.3. The van der Waals surface area contributed by atoms with Crippen LogP contribution in [0, 0.1) is 0 Å². The van der Waals surface area contributed by atoms with Crippen LogP contribution in [-0.4, -0.2) is 33.0 Å². The molecule has 1 amide bonds. The number of hydrogen-bond acceptors (Lipinski definition) is 6. The summed E-state index contributed by atoms with van der Waals surface area (Å²) in [6, 6.07) is 25.9. The lowest BCUT2D eigenvalue weighted by molar-refractivity contribution is -0.119. The number of carbonyl (C=O) groups is 1. The summed E-state index contributed by atoms with van der Waals surface area (Å²) in [7, 11) is 0. The van der Waals surface area contributed by atoms with Gasteiger partial charge in [-0.05, 0) is 54.7 Å². The summed E-state index contributed by atoms with van der Waals surface area (Å²) >= 11 is 1.37. The third-order valence-electron chi connectivity index (χ3n) is 6.51. The van der Waals surface area contributed by atoms with Crippen molar-refractivity contribution in [3.8, 4) is 17.2 Å². The molecule has 7 nitrogen and oxygen atoms in total. The highest BCUT2D eigenvalue weighted by Crippen LogP contribution is 2.37. The summed E-state index contributed by atoms with van der Waals surface area (Å²) in [5.74, 6) is 2.26. The first kappa shape index (κ1) is 22.7. The van der Waals surface area contributed by atoms with Gasteiger partial charge in [-0.1, -0.05) is 66.4 Å². The number of amides is 1. The molecule has 8 heteroatoms. The van der Waals surface area contributed by atoms with E-state index in [1.54, 1.807) is 0 Å². The summed E-state index contributed by atoms with van der Waals surface area (Å²) < 4.78 is 14.1. The van der Waals surface area contributed by atoms with E-state index >= 15 is 0 Å². The first-order valence-corrected chi connectivity index (χ1v) is 13.1. The minimum atomic E-state index is -0.422. The Morgan fingerprint density at radius 2 is 1.75 bits per heavy atom. The van der Waals surface area contributed by atoms with Crippen molar-refractivity contribution in [2.24, 2.45) is 0 Å². The van der Waals surface area contributed by atoms with Gasteiger partial charge in [-0.15, -0.1) is 10.2 Å². The van der Waals surface area contributed by atoms with Crippen molar-refractivity contribution in [2.45, 2.75) is 36.6 Å². The molecule has 2 unspecified atom stereocenters. The molecule has 0 radical (unpaired) electrons. The molecule has 3 aromatic carbocycles. The number of nitrogens with one attached hydrogen (secondary N) is 1. The zero-order valence-corrected chi connectivity index (χ0v) is 20.5. The number of nitrogens with zero attached hydrogens (tertiary/aromatic N) is 3. The van der Waals surface area contributed by atoms with E-state index < -0.39 is 6.10 Å². The highest BCUT2D eigenvalue weighted by atomic mass is 32.2. The fourth-order valence-electron chi connectivity index (χ4n) is 4.82. The number of aromatic nitrogens is 3. The molecule has 0 spiro atoms. The van der Waals surface area contributed by atoms with E-state index in [1.807, 2.05) is 65.2 Å². The third kappa shape index (κ3) is 4.56. The second-order valence-corrected chi connectivity index (χ2v) is 9.82. The monoisotopic (exact) mass is 498 g/mol. The Kier molecular flexibility index (Phi) is 6.34. The summed E-state index contributed by atoms with van der Waals surface area (Å²) in [5.41, 5.74) is 3.46. The fraction of sp³-hybridized carbons (Fsp3) is 0.250. The molecular weight excluding hydrogens is 472 g/mol. The van der Waals surface area contributed by atoms with E-state index in [1.165, 1.54) is 22.9 Å². The standard InChI is InChI=1S/C28H26N4O3S/c33-26(29-22-14-8-10-19-9-4-5-13-21(19)22)18-36-28-31-30-27(32(28)20-11-2-1-3-12-20)25-17-34-23-15-6-7-16-24(23)35-25/h1-7,9,11-13,15-16,22,25H,8,10,14,17-18H2,(H,29,33). The minimum absolute atomic E-state index is 0.0166. The second kappa shape index (κ2) is 10.1. The molecule has 1 aromatic heterocycles. The van der Waals surface area contributed by atoms with Gasteiger partial charge in [0.1, 0.15) is 6.61 Å². The Hall–Kier alpha value is -3.78. The molecule has 2 atom stereocenters. The maximum atomic E-state index is 13.0. The highest BCUT2D eigenvalue weighted by molar-refractivity contribution is 7.99. The number of fused-ring (bicyclic) bond motifs is 2. The topological polar surface area (TPSA) is 78.3 Å². The van der Waals surface area contributed by atoms with E-state index in [2.05, 4.69) is 33.7 Å². The number of carbonyl (C=O) groups excluding carboxylic acids is 1. The molecule has 182 valence electrons. The predicted molar refractivity (Wildman–Crippen MR) is 138 cm³/mol. The van der Waals surface area contributed by atoms with Gasteiger partial charge in [0.2, 0.25) is 5.91 Å². The first-order chi connectivity index (χ1) is 17.8. The van der Waals surface area contributed by atoms with Crippen LogP contribution in [0.5, 0.6) is 11.5 Å². The number of thioether (sulfide) groups is 1. The SMILES string of the molecule is O=C(CSc1nnc(C2COc3ccccc3O2)n1-c1ccccc1)NC1CCCc2ccccc21. The molecule has 1 N–H and O–H groups in total. The van der Waals surface area contributed by atoms with Crippen molar-refractivity contribution in [1.29, 1.82) is 0 Å². The molecule has 0 saturated carbocycles. The van der Waals surface area contributed by atoms with E-state index in [-0.39, 0.29) is 17.7 Å². The fourth-order valence-corrected chi connectivity index (χ4v) is 5.59. The van der Waals surface area contributed by atoms with Crippen LogP contribution < -0.4 is 14.8 Å². The number of rotatable bonds is 6. The van der Waals surface area contributed by atoms with Crippen LogP contribution in [0.4, 0.5) is 0 Å². The lowest BCUT2D eigenvalue weighted by Crippen LogP contribution is -2.32. The molecule has 2 aliphatic rings. The smallest absolute Gasteiger partial charge is 0.230 e. The van der Waals surface area contributed by atoms with Crippen LogP contribution in [0.3, 0.4) is 0 Å². The van der Waals surface area contributed by atoms with Crippen LogP contribution in [0.2, 0.25) is 0 Å². The van der Waals surface area contributed by atoms with E-state index in [4.69, 9.17) is 9.47 Å². The average molecular weight is 499 g/mol. The maximum absolute atomic E-state index is 13.0. The summed E-state index contributed by atoms with van der Waals surface area (Å²) in [5, 5.41) is 12.8. The predicted octanol–water partition coefficient (Wildman–Crippen LogP) is 5.07. The van der Waals surface area contributed by atoms with E-state index in [9.17, 15) is 4.79 Å². The van der Waals surface area contributed by atoms with Gasteiger partial charge in [0.25, 0.3) is 0 Å². The van der Waals surface area contributed by atoms with Gasteiger partial charge in [-0.2, -0.15) is 0 Å². The van der Waals surface area contributed by atoms with Gasteiger partial charge in [0, 0.05) is 5.69 Å². The van der Waals surface area contributed by atoms with Gasteiger partial charge < -0.3 is 14.8 Å². The number of aryl methyl sites for hydroxylation is 1. The first-order valence-electron chi connectivity index (χ1n) is 12.2. The molecule has 1 aliphatic carbocycles. The van der Waals surface area contributed by atoms with Gasteiger partial charge >= 0.3 is 0 Å². The Balaban J connectivity index is 1.21. The molecule has 0 saturated heterocycles. The largest absolute Gasteiger partial charge is 0.485 e. The van der Waals surface area contributed by atoms with E-state index in [0.29, 0.717) is 23.3 Å². The maximum Gasteiger partial charge on any atom is 0.230 e. The van der Waals surface area contributed by atoms with Crippen LogP contribution in [0.1, 0.15) is 41.9 Å². The molecule has 4 aromatic rings. The molecule has 0 fully saturated rings. The average Bonchev–Trinajstić information content (AvgIpc) is 3.36. The van der Waals surface area contributed by atoms with Crippen LogP contribution in [0.25, 0.3) is 5.69 Å². The molecular formula is C28H26N4O3S. The number of para-hydroxylation sites is 3. The van der Waals surface area contributed by atoms with E-state index in [0.717, 1.165) is 30.7 Å². The molecule has 2 heterocycles. The zero-order chi connectivity index (χ0) is 24.3. The van der Waals surface area contributed by atoms with Gasteiger partial charge in [0.15, 0.2) is 28.6 Å². The number of hydrogen-bond donors (Lipinski definition) is 1. The Morgan fingerprint density at radius 1 is 0.972 bits per heavy atom. The number of benzene rings is 3. The quantitative estimate of drug-likeness (QED) is 0.374. The van der Waals surface area contributed by atoms with Gasteiger partial charge in [-0.25, -0.2) is 0 Å². The zero-order valence-electron chi connectivity index (χ0n) is 19.7. The Bertz CT molecular complexity index is 1370. The van der Waals surface area contributed by atoms with Crippen molar-refractivity contribution >= 4 is 17.7 Å². The third-order valence-corrected chi connectivity index (χ3v) is 7.44.